The Bertz CT molecular complexity index is 2010. The van der Waals surface area contributed by atoms with E-state index in [1.165, 1.54) is 21.1 Å². The zero-order valence-corrected chi connectivity index (χ0v) is 45.3. The van der Waals surface area contributed by atoms with E-state index in [0.717, 1.165) is 10.5 Å². The Morgan fingerprint density at radius 2 is 1.56 bits per heavy atom. The number of carbonyl (C=O) groups excluding carboxylic acids is 6. The maximum atomic E-state index is 14.5. The minimum Gasteiger partial charge on any atom is -0.460 e. The van der Waals surface area contributed by atoms with Gasteiger partial charge in [0.25, 0.3) is 11.7 Å². The molecule has 17 nitrogen and oxygen atoms in total. The maximum absolute atomic E-state index is 14.5. The number of amides is 1. The number of carbonyl (C=O) groups is 6. The summed E-state index contributed by atoms with van der Waals surface area (Å²) in [5.74, 6) is -9.36. The van der Waals surface area contributed by atoms with E-state index in [9.17, 15) is 49.2 Å². The van der Waals surface area contributed by atoms with Crippen LogP contribution in [0.2, 0.25) is 0 Å². The summed E-state index contributed by atoms with van der Waals surface area (Å²) in [5.41, 5.74) is -0.277. The second-order valence-corrected chi connectivity index (χ2v) is 21.8. The lowest BCUT2D eigenvalue weighted by Gasteiger charge is -2.42. The molecule has 3 fully saturated rings. The zero-order chi connectivity index (χ0) is 54.4. The number of Topliss-reactive ketones (excluding diaryl/α,β-unsaturated/α-hetero) is 3. The van der Waals surface area contributed by atoms with Gasteiger partial charge in [0.05, 0.1) is 31.5 Å². The van der Waals surface area contributed by atoms with Crippen LogP contribution in [0.5, 0.6) is 0 Å². The number of ketones is 3. The SMILES string of the molecule is COC1C[C@@H]2CCC(C)[C@@](O)(O2)C(=O)C(=O)N2CCCC[C@H]2C(=O)O[C@H](C(C)CC2CCC(OC(=O)C(C)(CO)CO)[C@H](OC)C2)CC(=O)C(C)/C=C(\C)[C@@H](O)C(OC)C(=O)[C@H](C)C[C@H](C)/C=C/C=C/C=C/1C. The van der Waals surface area contributed by atoms with Crippen molar-refractivity contribution >= 4 is 35.2 Å². The number of hydrogen-bond donors (Lipinski definition) is 4. The predicted molar refractivity (Wildman–Crippen MR) is 271 cm³/mol. The van der Waals surface area contributed by atoms with Gasteiger partial charge in [0.2, 0.25) is 5.79 Å². The molecule has 4 rings (SSSR count). The molecule has 2 bridgehead atoms. The molecular formula is C56H87NO16. The van der Waals surface area contributed by atoms with Crippen LogP contribution in [0.25, 0.3) is 0 Å². The van der Waals surface area contributed by atoms with E-state index >= 15 is 0 Å². The highest BCUT2D eigenvalue weighted by atomic mass is 16.6. The van der Waals surface area contributed by atoms with Gasteiger partial charge in [-0.15, -0.1) is 0 Å². The van der Waals surface area contributed by atoms with Gasteiger partial charge in [0, 0.05) is 58.5 Å². The van der Waals surface area contributed by atoms with Crippen molar-refractivity contribution in [2.24, 2.45) is 40.9 Å². The smallest absolute Gasteiger partial charge is 0.329 e. The van der Waals surface area contributed by atoms with Crippen LogP contribution >= 0.6 is 0 Å². The first-order valence-electron chi connectivity index (χ1n) is 26.4. The molecule has 3 heterocycles. The van der Waals surface area contributed by atoms with E-state index < -0.39 is 120 Å². The van der Waals surface area contributed by atoms with Gasteiger partial charge in [-0.3, -0.25) is 24.0 Å². The number of esters is 2. The van der Waals surface area contributed by atoms with E-state index in [0.29, 0.717) is 69.8 Å². The van der Waals surface area contributed by atoms with Crippen LogP contribution in [0.15, 0.2) is 47.6 Å². The average Bonchev–Trinajstić information content (AvgIpc) is 3.37. The number of ether oxygens (including phenoxy) is 6. The molecule has 0 aromatic heterocycles. The molecule has 0 aromatic carbocycles. The summed E-state index contributed by atoms with van der Waals surface area (Å²) in [6, 6.07) is -1.20. The first-order chi connectivity index (χ1) is 34.5. The molecule has 4 N–H and O–H groups in total. The number of aliphatic hydroxyl groups is 4. The summed E-state index contributed by atoms with van der Waals surface area (Å²) in [5, 5.41) is 43.1. The molecule has 1 aliphatic carbocycles. The number of rotatable bonds is 10. The number of cyclic esters (lactones) is 1. The maximum Gasteiger partial charge on any atom is 0.329 e. The first kappa shape index (κ1) is 61.6. The average molecular weight is 1030 g/mol. The Labute approximate surface area is 433 Å². The van der Waals surface area contributed by atoms with Crippen LogP contribution in [0.4, 0.5) is 0 Å². The molecule has 412 valence electrons. The number of aliphatic hydroxyl groups excluding tert-OH is 3. The van der Waals surface area contributed by atoms with Gasteiger partial charge < -0.3 is 53.7 Å². The highest BCUT2D eigenvalue weighted by Crippen LogP contribution is 2.38. The monoisotopic (exact) mass is 1030 g/mol. The topological polar surface area (TPSA) is 242 Å². The third-order valence-corrected chi connectivity index (χ3v) is 15.9. The Hall–Kier alpha value is -3.94. The predicted octanol–water partition coefficient (Wildman–Crippen LogP) is 5.72. The van der Waals surface area contributed by atoms with Crippen LogP contribution in [-0.4, -0.2) is 156 Å². The van der Waals surface area contributed by atoms with Crippen molar-refractivity contribution in [3.05, 3.63) is 47.6 Å². The minimum absolute atomic E-state index is 0.00697. The number of nitrogens with zero attached hydrogens (tertiary/aromatic N) is 1. The second-order valence-electron chi connectivity index (χ2n) is 21.8. The molecule has 17 heteroatoms. The Morgan fingerprint density at radius 3 is 2.21 bits per heavy atom. The molecule has 0 spiro atoms. The molecule has 1 saturated carbocycles. The van der Waals surface area contributed by atoms with Gasteiger partial charge in [0.15, 0.2) is 5.78 Å². The number of allylic oxidation sites excluding steroid dienone is 6. The summed E-state index contributed by atoms with van der Waals surface area (Å²) < 4.78 is 35.4. The first-order valence-corrected chi connectivity index (χ1v) is 26.4. The minimum atomic E-state index is -2.47. The van der Waals surface area contributed by atoms with Crippen molar-refractivity contribution in [3.8, 4) is 0 Å². The normalized spacial score (nSPS) is 37.4. The van der Waals surface area contributed by atoms with Crippen molar-refractivity contribution in [2.45, 2.75) is 187 Å². The van der Waals surface area contributed by atoms with Crippen molar-refractivity contribution in [1.82, 2.24) is 4.90 Å². The van der Waals surface area contributed by atoms with E-state index in [-0.39, 0.29) is 42.8 Å². The fraction of sp³-hybridized carbons (Fsp3) is 0.750. The van der Waals surface area contributed by atoms with Crippen LogP contribution in [0.1, 0.15) is 132 Å². The van der Waals surface area contributed by atoms with E-state index in [1.54, 1.807) is 40.9 Å². The largest absolute Gasteiger partial charge is 0.460 e. The lowest BCUT2D eigenvalue weighted by atomic mass is 9.78. The van der Waals surface area contributed by atoms with E-state index in [4.69, 9.17) is 28.4 Å². The standard InChI is InChI=1S/C56H87NO16/c1-33-17-13-12-14-18-34(2)45(68-9)29-41-22-20-39(7)56(67,73-41)51(63)52(64)57-24-16-15-19-42(57)53(65)71-46(30-43(60)35(3)26-38(6)49(62)50(70-11)48(61)37(5)25-33)36(4)27-40-21-23-44(47(28-40)69-10)72-54(66)55(8,31-58)32-59/h12-14,17-18,26,33,35-37,39-42,44-47,49-50,58-59,62,67H,15-16,19-25,27-32H2,1-11H3/b14-12+,17-13+,34-18+,38-26+/t33-,35?,36?,37-,39?,40?,41+,42+,44?,45?,46+,47-,49-,50?,56-/m1/s1. The highest BCUT2D eigenvalue weighted by molar-refractivity contribution is 6.39. The van der Waals surface area contributed by atoms with Crippen molar-refractivity contribution in [1.29, 1.82) is 0 Å². The lowest BCUT2D eigenvalue weighted by Crippen LogP contribution is -2.61. The third-order valence-electron chi connectivity index (χ3n) is 15.9. The van der Waals surface area contributed by atoms with Gasteiger partial charge in [-0.25, -0.2) is 4.79 Å². The summed E-state index contributed by atoms with van der Waals surface area (Å²) >= 11 is 0. The van der Waals surface area contributed by atoms with Crippen molar-refractivity contribution in [3.63, 3.8) is 0 Å². The summed E-state index contributed by atoms with van der Waals surface area (Å²) in [6.07, 6.45) is 9.76. The fourth-order valence-electron chi connectivity index (χ4n) is 10.7. The van der Waals surface area contributed by atoms with Gasteiger partial charge >= 0.3 is 11.9 Å². The Kier molecular flexibility index (Phi) is 23.9. The zero-order valence-electron chi connectivity index (χ0n) is 45.3. The number of hydrogen-bond acceptors (Lipinski definition) is 16. The van der Waals surface area contributed by atoms with Gasteiger partial charge in [-0.1, -0.05) is 71.1 Å². The van der Waals surface area contributed by atoms with Gasteiger partial charge in [0.1, 0.15) is 41.7 Å². The molecule has 1 amide bonds. The van der Waals surface area contributed by atoms with Crippen molar-refractivity contribution < 1.29 is 77.6 Å². The van der Waals surface area contributed by atoms with Crippen LogP contribution < -0.4 is 0 Å². The molecule has 73 heavy (non-hydrogen) atoms. The molecule has 4 aliphatic rings. The summed E-state index contributed by atoms with van der Waals surface area (Å²) in [7, 11) is 4.43. The van der Waals surface area contributed by atoms with Crippen LogP contribution in [-0.2, 0) is 57.2 Å². The van der Waals surface area contributed by atoms with Crippen LogP contribution in [0, 0.1) is 40.9 Å². The third kappa shape index (κ3) is 16.0. The Balaban J connectivity index is 1.69. The number of fused-ring (bicyclic) bond motifs is 3. The lowest BCUT2D eigenvalue weighted by molar-refractivity contribution is -0.265. The molecule has 0 radical (unpaired) electrons. The Morgan fingerprint density at radius 1 is 0.863 bits per heavy atom. The van der Waals surface area contributed by atoms with Gasteiger partial charge in [-0.05, 0) is 114 Å². The molecule has 7 unspecified atom stereocenters. The molecule has 15 atom stereocenters. The molecule has 0 aromatic rings. The number of methoxy groups -OCH3 is 3. The molecular weight excluding hydrogens is 943 g/mol. The molecule has 3 aliphatic heterocycles. The number of piperidine rings is 1. The van der Waals surface area contributed by atoms with Crippen molar-refractivity contribution in [2.75, 3.05) is 41.1 Å². The van der Waals surface area contributed by atoms with E-state index in [2.05, 4.69) is 0 Å². The fourth-order valence-corrected chi connectivity index (χ4v) is 10.7. The van der Waals surface area contributed by atoms with E-state index in [1.807, 2.05) is 51.2 Å². The highest BCUT2D eigenvalue weighted by Gasteiger charge is 2.53. The van der Waals surface area contributed by atoms with Gasteiger partial charge in [-0.2, -0.15) is 0 Å². The van der Waals surface area contributed by atoms with Crippen LogP contribution in [0.3, 0.4) is 0 Å². The second kappa shape index (κ2) is 28.3. The summed E-state index contributed by atoms with van der Waals surface area (Å²) in [6.45, 7) is 12.7. The summed E-state index contributed by atoms with van der Waals surface area (Å²) in [4.78, 5) is 85.4. The quantitative estimate of drug-likeness (QED) is 0.116. The molecule has 2 saturated heterocycles.